The molecule has 0 spiro atoms. The average molecular weight is 360 g/mol. The molecule has 7 heteroatoms. The van der Waals surface area contributed by atoms with E-state index >= 15 is 0 Å². The Bertz CT molecular complexity index is 497. The van der Waals surface area contributed by atoms with Gasteiger partial charge < -0.3 is 20.7 Å². The van der Waals surface area contributed by atoms with Crippen LogP contribution in [0.25, 0.3) is 0 Å². The predicted molar refractivity (Wildman–Crippen MR) is 88.2 cm³/mol. The maximum atomic E-state index is 11.8. The molecule has 1 amide bonds. The third-order valence-electron chi connectivity index (χ3n) is 2.65. The molecule has 20 heavy (non-hydrogen) atoms. The summed E-state index contributed by atoms with van der Waals surface area (Å²) < 4.78 is 5.78. The lowest BCUT2D eigenvalue weighted by Crippen LogP contribution is -2.37. The zero-order chi connectivity index (χ0) is 15.1. The van der Waals surface area contributed by atoms with E-state index in [1.165, 1.54) is 0 Å². The maximum absolute atomic E-state index is 11.8. The quantitative estimate of drug-likeness (QED) is 0.567. The highest BCUT2D eigenvalue weighted by molar-refractivity contribution is 9.10. The van der Waals surface area contributed by atoms with E-state index in [0.29, 0.717) is 18.1 Å². The first-order valence-corrected chi connectivity index (χ1v) is 7.22. The van der Waals surface area contributed by atoms with Crippen molar-refractivity contribution in [3.8, 4) is 0 Å². The fourth-order valence-corrected chi connectivity index (χ4v) is 2.20. The van der Waals surface area contributed by atoms with Crippen LogP contribution in [0.4, 0.5) is 5.69 Å². The molecule has 0 unspecified atom stereocenters. The van der Waals surface area contributed by atoms with Crippen molar-refractivity contribution in [2.75, 3.05) is 38.8 Å². The minimum atomic E-state index is -0.0848. The number of carbonyl (C=O) groups is 1. The Kier molecular flexibility index (Phi) is 6.90. The second-order valence-corrected chi connectivity index (χ2v) is 5.58. The van der Waals surface area contributed by atoms with E-state index in [4.69, 9.17) is 22.7 Å². The maximum Gasteiger partial charge on any atom is 0.239 e. The van der Waals surface area contributed by atoms with Crippen molar-refractivity contribution in [1.29, 1.82) is 0 Å². The lowest BCUT2D eigenvalue weighted by molar-refractivity contribution is -0.119. The van der Waals surface area contributed by atoms with Gasteiger partial charge in [-0.3, -0.25) is 4.79 Å². The van der Waals surface area contributed by atoms with Crippen molar-refractivity contribution in [2.45, 2.75) is 0 Å². The second-order valence-electron chi connectivity index (χ2n) is 4.22. The van der Waals surface area contributed by atoms with Crippen LogP contribution in [-0.4, -0.2) is 44.7 Å². The number of methoxy groups -OCH3 is 1. The number of hydrogen-bond donors (Lipinski definition) is 2. The molecular weight excluding hydrogens is 342 g/mol. The van der Waals surface area contributed by atoms with Gasteiger partial charge in [-0.15, -0.1) is 0 Å². The third-order valence-corrected chi connectivity index (χ3v) is 3.36. The van der Waals surface area contributed by atoms with Crippen molar-refractivity contribution >= 4 is 44.7 Å². The van der Waals surface area contributed by atoms with Crippen LogP contribution in [-0.2, 0) is 9.53 Å². The number of hydrogen-bond acceptors (Lipinski definition) is 4. The fourth-order valence-electron chi connectivity index (χ4n) is 1.68. The van der Waals surface area contributed by atoms with Crippen LogP contribution in [0.3, 0.4) is 0 Å². The Morgan fingerprint density at radius 2 is 2.25 bits per heavy atom. The summed E-state index contributed by atoms with van der Waals surface area (Å²) in [5, 5.41) is 2.77. The number of thiocarbonyl (C=S) groups is 1. The number of benzene rings is 1. The monoisotopic (exact) mass is 359 g/mol. The highest BCUT2D eigenvalue weighted by Gasteiger charge is 2.13. The normalized spacial score (nSPS) is 10.2. The SMILES string of the molecule is COCCNC(=O)CN(C)c1cc(Br)ccc1C(N)=S. The molecular formula is C13H18BrN3O2S. The third kappa shape index (κ3) is 5.07. The molecule has 0 aliphatic rings. The van der Waals surface area contributed by atoms with E-state index in [2.05, 4.69) is 21.2 Å². The van der Waals surface area contributed by atoms with Crippen molar-refractivity contribution in [2.24, 2.45) is 5.73 Å². The highest BCUT2D eigenvalue weighted by Crippen LogP contribution is 2.24. The Hall–Kier alpha value is -1.18. The van der Waals surface area contributed by atoms with E-state index in [1.807, 2.05) is 25.2 Å². The first-order chi connectivity index (χ1) is 9.45. The summed E-state index contributed by atoms with van der Waals surface area (Å²) in [5.41, 5.74) is 7.26. The summed E-state index contributed by atoms with van der Waals surface area (Å²) in [7, 11) is 3.41. The minimum absolute atomic E-state index is 0.0848. The molecule has 0 heterocycles. The van der Waals surface area contributed by atoms with Gasteiger partial charge in [0, 0.05) is 36.4 Å². The summed E-state index contributed by atoms with van der Waals surface area (Å²) in [6.07, 6.45) is 0. The average Bonchev–Trinajstić information content (AvgIpc) is 2.38. The van der Waals surface area contributed by atoms with Crippen LogP contribution >= 0.6 is 28.1 Å². The van der Waals surface area contributed by atoms with E-state index in [0.717, 1.165) is 15.7 Å². The number of carbonyl (C=O) groups excluding carboxylic acids is 1. The van der Waals surface area contributed by atoms with Crippen LogP contribution in [0.15, 0.2) is 22.7 Å². The molecule has 0 aliphatic carbocycles. The largest absolute Gasteiger partial charge is 0.389 e. The van der Waals surface area contributed by atoms with Crippen molar-refractivity contribution < 1.29 is 9.53 Å². The molecule has 0 saturated heterocycles. The van der Waals surface area contributed by atoms with Gasteiger partial charge in [-0.1, -0.05) is 28.1 Å². The van der Waals surface area contributed by atoms with Gasteiger partial charge in [-0.2, -0.15) is 0 Å². The Morgan fingerprint density at radius 1 is 1.55 bits per heavy atom. The molecule has 0 radical (unpaired) electrons. The van der Waals surface area contributed by atoms with Gasteiger partial charge >= 0.3 is 0 Å². The zero-order valence-corrected chi connectivity index (χ0v) is 13.9. The summed E-state index contributed by atoms with van der Waals surface area (Å²) in [6.45, 7) is 1.20. The van der Waals surface area contributed by atoms with Crippen LogP contribution in [0.5, 0.6) is 0 Å². The number of nitrogens with two attached hydrogens (primary N) is 1. The number of halogens is 1. The number of nitrogens with zero attached hydrogens (tertiary/aromatic N) is 1. The van der Waals surface area contributed by atoms with Gasteiger partial charge in [0.1, 0.15) is 4.99 Å². The molecule has 0 bridgehead atoms. The standard InChI is InChI=1S/C13H18BrN3O2S/c1-17(8-12(18)16-5-6-19-2)11-7-9(14)3-4-10(11)13(15)20/h3-4,7H,5-6,8H2,1-2H3,(H2,15,20)(H,16,18). The summed E-state index contributed by atoms with van der Waals surface area (Å²) in [6, 6.07) is 5.59. The lowest BCUT2D eigenvalue weighted by Gasteiger charge is -2.22. The van der Waals surface area contributed by atoms with Gasteiger partial charge in [0.15, 0.2) is 0 Å². The molecule has 0 atom stereocenters. The van der Waals surface area contributed by atoms with Crippen molar-refractivity contribution in [3.63, 3.8) is 0 Å². The predicted octanol–water partition coefficient (Wildman–Crippen LogP) is 1.28. The Morgan fingerprint density at radius 3 is 2.85 bits per heavy atom. The Balaban J connectivity index is 2.76. The van der Waals surface area contributed by atoms with E-state index in [-0.39, 0.29) is 12.5 Å². The van der Waals surface area contributed by atoms with E-state index < -0.39 is 0 Å². The zero-order valence-electron chi connectivity index (χ0n) is 11.5. The van der Waals surface area contributed by atoms with Crippen LogP contribution < -0.4 is 16.0 Å². The number of anilines is 1. The number of rotatable bonds is 7. The topological polar surface area (TPSA) is 67.6 Å². The smallest absolute Gasteiger partial charge is 0.239 e. The number of likely N-dealkylation sites (N-methyl/N-ethyl adjacent to an activating group) is 1. The van der Waals surface area contributed by atoms with Crippen molar-refractivity contribution in [3.05, 3.63) is 28.2 Å². The lowest BCUT2D eigenvalue weighted by atomic mass is 10.1. The van der Waals surface area contributed by atoms with Gasteiger partial charge in [-0.05, 0) is 18.2 Å². The van der Waals surface area contributed by atoms with Gasteiger partial charge in [0.05, 0.1) is 13.2 Å². The second kappa shape index (κ2) is 8.18. The number of amides is 1. The molecule has 1 aromatic carbocycles. The molecule has 0 aliphatic heterocycles. The van der Waals surface area contributed by atoms with Crippen molar-refractivity contribution in [1.82, 2.24) is 5.32 Å². The van der Waals surface area contributed by atoms with Gasteiger partial charge in [0.25, 0.3) is 0 Å². The molecule has 5 nitrogen and oxygen atoms in total. The minimum Gasteiger partial charge on any atom is -0.389 e. The molecule has 0 fully saturated rings. The van der Waals surface area contributed by atoms with E-state index in [9.17, 15) is 4.79 Å². The summed E-state index contributed by atoms with van der Waals surface area (Å²) >= 11 is 8.43. The fraction of sp³-hybridized carbons (Fsp3) is 0.385. The van der Waals surface area contributed by atoms with Crippen LogP contribution in [0.2, 0.25) is 0 Å². The molecule has 1 rings (SSSR count). The first-order valence-electron chi connectivity index (χ1n) is 6.02. The summed E-state index contributed by atoms with van der Waals surface area (Å²) in [4.78, 5) is 13.9. The number of nitrogens with one attached hydrogen (secondary N) is 1. The summed E-state index contributed by atoms with van der Waals surface area (Å²) in [5.74, 6) is -0.0848. The van der Waals surface area contributed by atoms with E-state index in [1.54, 1.807) is 12.0 Å². The molecule has 110 valence electrons. The van der Waals surface area contributed by atoms with Gasteiger partial charge in [-0.25, -0.2) is 0 Å². The van der Waals surface area contributed by atoms with Gasteiger partial charge in [0.2, 0.25) is 5.91 Å². The molecule has 1 aromatic rings. The number of ether oxygens (including phenoxy) is 1. The Labute approximate surface area is 132 Å². The highest BCUT2D eigenvalue weighted by atomic mass is 79.9. The van der Waals surface area contributed by atoms with Crippen LogP contribution in [0, 0.1) is 0 Å². The first kappa shape index (κ1) is 16.9. The molecule has 0 aromatic heterocycles. The molecule has 0 saturated carbocycles. The molecule has 3 N–H and O–H groups in total. The van der Waals surface area contributed by atoms with Crippen LogP contribution in [0.1, 0.15) is 5.56 Å².